The van der Waals surface area contributed by atoms with Crippen molar-refractivity contribution in [2.75, 3.05) is 11.1 Å². The molecule has 2 aromatic rings. The minimum Gasteiger partial charge on any atom is -0.469 e. The van der Waals surface area contributed by atoms with Crippen molar-refractivity contribution in [2.24, 2.45) is 0 Å². The lowest BCUT2D eigenvalue weighted by molar-refractivity contribution is -0.121. The number of nitrogens with one attached hydrogen (secondary N) is 2. The van der Waals surface area contributed by atoms with E-state index >= 15 is 0 Å². The smallest absolute Gasteiger partial charge is 0.234 e. The lowest BCUT2D eigenvalue weighted by Crippen LogP contribution is -2.31. The molecular formula is C19H17N3O3S. The van der Waals surface area contributed by atoms with Crippen LogP contribution >= 0.6 is 11.8 Å². The highest BCUT2D eigenvalue weighted by Gasteiger charge is 2.31. The van der Waals surface area contributed by atoms with Crippen LogP contribution in [0.2, 0.25) is 0 Å². The van der Waals surface area contributed by atoms with E-state index in [0.29, 0.717) is 22.0 Å². The first-order valence-electron chi connectivity index (χ1n) is 8.03. The summed E-state index contributed by atoms with van der Waals surface area (Å²) in [5.41, 5.74) is 2.17. The molecule has 0 saturated heterocycles. The van der Waals surface area contributed by atoms with Crippen molar-refractivity contribution in [3.63, 3.8) is 0 Å². The molecule has 1 atom stereocenters. The monoisotopic (exact) mass is 367 g/mol. The highest BCUT2D eigenvalue weighted by Crippen LogP contribution is 2.36. The number of rotatable bonds is 5. The normalized spacial score (nSPS) is 16.8. The number of hydrogen-bond acceptors (Lipinski definition) is 5. The molecule has 7 heteroatoms. The Balaban J connectivity index is 1.71. The largest absolute Gasteiger partial charge is 0.469 e. The van der Waals surface area contributed by atoms with E-state index in [1.807, 2.05) is 31.2 Å². The van der Waals surface area contributed by atoms with E-state index in [4.69, 9.17) is 4.42 Å². The van der Waals surface area contributed by atoms with Gasteiger partial charge in [0.25, 0.3) is 0 Å². The van der Waals surface area contributed by atoms with Crippen molar-refractivity contribution in [2.45, 2.75) is 19.3 Å². The molecule has 26 heavy (non-hydrogen) atoms. The number of furan rings is 1. The zero-order chi connectivity index (χ0) is 18.5. The van der Waals surface area contributed by atoms with E-state index in [1.54, 1.807) is 12.1 Å². The van der Waals surface area contributed by atoms with Gasteiger partial charge in [-0.15, -0.1) is 0 Å². The highest BCUT2D eigenvalue weighted by atomic mass is 32.2. The van der Waals surface area contributed by atoms with Crippen LogP contribution in [0.25, 0.3) is 0 Å². The molecule has 3 rings (SSSR count). The predicted molar refractivity (Wildman–Crippen MR) is 99.1 cm³/mol. The maximum atomic E-state index is 12.2. The second kappa shape index (κ2) is 7.93. The van der Waals surface area contributed by atoms with Gasteiger partial charge in [0.05, 0.1) is 34.6 Å². The molecule has 0 bridgehead atoms. The molecule has 1 aliphatic heterocycles. The van der Waals surface area contributed by atoms with Crippen LogP contribution < -0.4 is 10.6 Å². The fourth-order valence-corrected chi connectivity index (χ4v) is 3.60. The first-order chi connectivity index (χ1) is 12.6. The molecular weight excluding hydrogens is 350 g/mol. The minimum atomic E-state index is -0.425. The molecule has 1 aromatic carbocycles. The number of nitrogens with zero attached hydrogens (tertiary/aromatic N) is 1. The van der Waals surface area contributed by atoms with E-state index < -0.39 is 5.92 Å². The molecule has 2 amide bonds. The Hall–Kier alpha value is -2.98. The molecule has 0 aliphatic carbocycles. The van der Waals surface area contributed by atoms with Crippen LogP contribution in [-0.4, -0.2) is 17.6 Å². The number of hydrogen-bond donors (Lipinski definition) is 2. The van der Waals surface area contributed by atoms with Gasteiger partial charge >= 0.3 is 0 Å². The summed E-state index contributed by atoms with van der Waals surface area (Å²) in [5.74, 6) is -0.184. The van der Waals surface area contributed by atoms with Gasteiger partial charge in [-0.05, 0) is 36.8 Å². The molecule has 1 aliphatic rings. The quantitative estimate of drug-likeness (QED) is 0.845. The van der Waals surface area contributed by atoms with Crippen LogP contribution in [0.15, 0.2) is 57.7 Å². The van der Waals surface area contributed by atoms with Gasteiger partial charge in [-0.25, -0.2) is 0 Å². The maximum Gasteiger partial charge on any atom is 0.234 e. The van der Waals surface area contributed by atoms with Crippen LogP contribution in [0.3, 0.4) is 0 Å². The Kier molecular flexibility index (Phi) is 5.44. The average molecular weight is 367 g/mol. The van der Waals surface area contributed by atoms with Gasteiger partial charge in [0.2, 0.25) is 11.8 Å². The lowest BCUT2D eigenvalue weighted by atomic mass is 9.92. The van der Waals surface area contributed by atoms with E-state index in [9.17, 15) is 14.9 Å². The van der Waals surface area contributed by atoms with Gasteiger partial charge in [-0.3, -0.25) is 9.59 Å². The topological polar surface area (TPSA) is 95.1 Å². The first-order valence-corrected chi connectivity index (χ1v) is 9.02. The van der Waals surface area contributed by atoms with Gasteiger partial charge in [0.1, 0.15) is 5.76 Å². The second-order valence-electron chi connectivity index (χ2n) is 5.88. The molecule has 2 heterocycles. The van der Waals surface area contributed by atoms with Crippen molar-refractivity contribution < 1.29 is 14.0 Å². The van der Waals surface area contributed by atoms with Gasteiger partial charge in [0.15, 0.2) is 0 Å². The molecule has 0 saturated carbocycles. The third-order valence-corrected chi connectivity index (χ3v) is 4.91. The summed E-state index contributed by atoms with van der Waals surface area (Å²) in [6, 6.07) is 13.1. The Labute approximate surface area is 155 Å². The molecule has 132 valence electrons. The first kappa shape index (κ1) is 17.8. The third-order valence-electron chi connectivity index (χ3n) is 3.89. The molecule has 1 aromatic heterocycles. The molecule has 0 spiro atoms. The number of anilines is 1. The van der Waals surface area contributed by atoms with Crippen molar-refractivity contribution >= 4 is 29.3 Å². The van der Waals surface area contributed by atoms with Gasteiger partial charge in [-0.1, -0.05) is 23.9 Å². The van der Waals surface area contributed by atoms with Gasteiger partial charge in [0, 0.05) is 12.1 Å². The SMILES string of the molecule is Cc1cccc(NC(=O)CSC2=C(C#N)[C@@H](c3ccco3)CC(=O)N2)c1. The number of allylic oxidation sites excluding steroid dienone is 1. The number of benzene rings is 1. The average Bonchev–Trinajstić information content (AvgIpc) is 3.14. The minimum absolute atomic E-state index is 0.0829. The Morgan fingerprint density at radius 2 is 2.27 bits per heavy atom. The summed E-state index contributed by atoms with van der Waals surface area (Å²) in [5, 5.41) is 15.4. The highest BCUT2D eigenvalue weighted by molar-refractivity contribution is 8.03. The van der Waals surface area contributed by atoms with E-state index in [1.165, 1.54) is 6.26 Å². The third kappa shape index (κ3) is 4.16. The summed E-state index contributed by atoms with van der Waals surface area (Å²) in [6.07, 6.45) is 1.66. The van der Waals surface area contributed by atoms with Gasteiger partial charge < -0.3 is 15.1 Å². The molecule has 0 fully saturated rings. The molecule has 2 N–H and O–H groups in total. The molecule has 0 unspecified atom stereocenters. The molecule has 6 nitrogen and oxygen atoms in total. The second-order valence-corrected chi connectivity index (χ2v) is 6.87. The van der Waals surface area contributed by atoms with Crippen molar-refractivity contribution in [1.29, 1.82) is 5.26 Å². The van der Waals surface area contributed by atoms with Crippen LogP contribution in [0.4, 0.5) is 5.69 Å². The lowest BCUT2D eigenvalue weighted by Gasteiger charge is -2.23. The van der Waals surface area contributed by atoms with Crippen molar-refractivity contribution in [3.8, 4) is 6.07 Å². The maximum absolute atomic E-state index is 12.2. The summed E-state index contributed by atoms with van der Waals surface area (Å²) in [7, 11) is 0. The van der Waals surface area contributed by atoms with Crippen LogP contribution in [0, 0.1) is 18.3 Å². The Bertz CT molecular complexity index is 897. The zero-order valence-electron chi connectivity index (χ0n) is 14.1. The number of aryl methyl sites for hydroxylation is 1. The summed E-state index contributed by atoms with van der Waals surface area (Å²) in [4.78, 5) is 24.2. The number of carbonyl (C=O) groups is 2. The summed E-state index contributed by atoms with van der Waals surface area (Å²) >= 11 is 1.14. The van der Waals surface area contributed by atoms with Crippen molar-refractivity contribution in [1.82, 2.24) is 5.32 Å². The standard InChI is InChI=1S/C19H17N3O3S/c1-12-4-2-5-13(8-12)21-18(24)11-26-19-15(10-20)14(9-17(23)22-19)16-6-3-7-25-16/h2-8,14H,9,11H2,1H3,(H,21,24)(H,22,23)/t14-/m0/s1. The number of thioether (sulfide) groups is 1. The zero-order valence-corrected chi connectivity index (χ0v) is 14.9. The fraction of sp³-hybridized carbons (Fsp3) is 0.211. The number of amides is 2. The van der Waals surface area contributed by atoms with Crippen molar-refractivity contribution in [3.05, 3.63) is 64.6 Å². The Morgan fingerprint density at radius 1 is 1.42 bits per heavy atom. The van der Waals surface area contributed by atoms with E-state index in [0.717, 1.165) is 17.3 Å². The Morgan fingerprint density at radius 3 is 2.96 bits per heavy atom. The van der Waals surface area contributed by atoms with E-state index in [2.05, 4.69) is 16.7 Å². The number of carbonyl (C=O) groups excluding carboxylic acids is 2. The van der Waals surface area contributed by atoms with Gasteiger partial charge in [-0.2, -0.15) is 5.26 Å². The fourth-order valence-electron chi connectivity index (χ4n) is 2.72. The molecule has 0 radical (unpaired) electrons. The van der Waals surface area contributed by atoms with E-state index in [-0.39, 0.29) is 24.0 Å². The van der Waals surface area contributed by atoms with Crippen LogP contribution in [-0.2, 0) is 9.59 Å². The number of nitriles is 1. The van der Waals surface area contributed by atoms with Crippen LogP contribution in [0.5, 0.6) is 0 Å². The van der Waals surface area contributed by atoms with Crippen LogP contribution in [0.1, 0.15) is 23.7 Å². The summed E-state index contributed by atoms with van der Waals surface area (Å²) < 4.78 is 5.36. The summed E-state index contributed by atoms with van der Waals surface area (Å²) in [6.45, 7) is 1.95. The predicted octanol–water partition coefficient (Wildman–Crippen LogP) is 3.30.